The molecule has 1 fully saturated rings. The maximum absolute atomic E-state index is 12.3. The van der Waals surface area contributed by atoms with Gasteiger partial charge in [0, 0.05) is 19.5 Å². The smallest absolute Gasteiger partial charge is 0.318 e. The third kappa shape index (κ3) is 3.49. The number of nitrogens with one attached hydrogen (secondary N) is 1. The van der Waals surface area contributed by atoms with Crippen LogP contribution in [0.2, 0.25) is 0 Å². The number of urea groups is 1. The van der Waals surface area contributed by atoms with Crippen LogP contribution in [-0.2, 0) is 6.42 Å². The van der Waals surface area contributed by atoms with E-state index < -0.39 is 0 Å². The first-order valence-electron chi connectivity index (χ1n) is 7.63. The lowest BCUT2D eigenvalue weighted by Gasteiger charge is -2.33. The summed E-state index contributed by atoms with van der Waals surface area (Å²) in [5.41, 5.74) is 0. The fourth-order valence-corrected chi connectivity index (χ4v) is 2.45. The first kappa shape index (κ1) is 14.8. The molecule has 0 bridgehead atoms. The summed E-state index contributed by atoms with van der Waals surface area (Å²) in [6.07, 6.45) is 5.85. The number of carbonyl (C=O) groups excluding carboxylic acids is 1. The van der Waals surface area contributed by atoms with Gasteiger partial charge in [-0.05, 0) is 25.7 Å². The van der Waals surface area contributed by atoms with Crippen LogP contribution in [0.15, 0.2) is 4.52 Å². The van der Waals surface area contributed by atoms with Gasteiger partial charge in [-0.3, -0.25) is 0 Å². The maximum atomic E-state index is 12.3. The van der Waals surface area contributed by atoms with Crippen LogP contribution < -0.4 is 5.32 Å². The molecular weight excluding hydrogens is 256 g/mol. The highest BCUT2D eigenvalue weighted by atomic mass is 16.5. The zero-order valence-electron chi connectivity index (χ0n) is 12.4. The number of hydrogen-bond donors (Lipinski definition) is 1. The predicted octanol–water partition coefficient (Wildman–Crippen LogP) is 2.67. The van der Waals surface area contributed by atoms with E-state index in [-0.39, 0.29) is 12.1 Å². The Kier molecular flexibility index (Phi) is 5.38. The van der Waals surface area contributed by atoms with Gasteiger partial charge in [0.25, 0.3) is 0 Å². The van der Waals surface area contributed by atoms with Crippen LogP contribution in [0, 0.1) is 0 Å². The molecule has 0 unspecified atom stereocenters. The minimum Gasteiger partial charge on any atom is -0.338 e. The average molecular weight is 280 g/mol. The quantitative estimate of drug-likeness (QED) is 0.842. The van der Waals surface area contributed by atoms with Crippen LogP contribution >= 0.6 is 0 Å². The van der Waals surface area contributed by atoms with Gasteiger partial charge in [-0.15, -0.1) is 0 Å². The standard InChI is InChI=1S/C14H24N4O2/c1-3-5-9-15-14(19)18-10-7-6-8-11(18)13-16-12(4-2)17-20-13/h11H,3-10H2,1-2H3,(H,15,19)/t11-/m0/s1. The number of nitrogens with zero attached hydrogens (tertiary/aromatic N) is 3. The molecule has 0 saturated carbocycles. The first-order valence-corrected chi connectivity index (χ1v) is 7.63. The van der Waals surface area contributed by atoms with Crippen molar-refractivity contribution in [3.63, 3.8) is 0 Å². The van der Waals surface area contributed by atoms with E-state index in [1.807, 2.05) is 11.8 Å². The van der Waals surface area contributed by atoms with Gasteiger partial charge in [0.05, 0.1) is 0 Å². The normalized spacial score (nSPS) is 19.1. The number of unbranched alkanes of at least 4 members (excludes halogenated alkanes) is 1. The fraction of sp³-hybridized carbons (Fsp3) is 0.786. The summed E-state index contributed by atoms with van der Waals surface area (Å²) >= 11 is 0. The van der Waals surface area contributed by atoms with E-state index in [0.29, 0.717) is 11.7 Å². The zero-order valence-corrected chi connectivity index (χ0v) is 12.4. The second kappa shape index (κ2) is 7.26. The highest BCUT2D eigenvalue weighted by molar-refractivity contribution is 5.74. The molecule has 6 heteroatoms. The summed E-state index contributed by atoms with van der Waals surface area (Å²) in [4.78, 5) is 18.5. The van der Waals surface area contributed by atoms with Crippen molar-refractivity contribution in [3.8, 4) is 0 Å². The molecule has 0 radical (unpaired) electrons. The molecule has 1 saturated heterocycles. The molecule has 1 aromatic rings. The van der Waals surface area contributed by atoms with Crippen LogP contribution in [0.3, 0.4) is 0 Å². The Balaban J connectivity index is 2.02. The second-order valence-corrected chi connectivity index (χ2v) is 5.19. The van der Waals surface area contributed by atoms with Gasteiger partial charge in [0.1, 0.15) is 6.04 Å². The van der Waals surface area contributed by atoms with Crippen LogP contribution in [0.1, 0.15) is 63.7 Å². The van der Waals surface area contributed by atoms with Crippen LogP contribution in [0.4, 0.5) is 4.79 Å². The zero-order chi connectivity index (χ0) is 14.4. The molecule has 1 atom stereocenters. The van der Waals surface area contributed by atoms with E-state index in [4.69, 9.17) is 4.52 Å². The van der Waals surface area contributed by atoms with E-state index in [9.17, 15) is 4.79 Å². The molecule has 2 amide bonds. The topological polar surface area (TPSA) is 71.3 Å². The molecule has 112 valence electrons. The Morgan fingerprint density at radius 3 is 3.00 bits per heavy atom. The monoisotopic (exact) mass is 280 g/mol. The molecule has 1 aliphatic rings. The van der Waals surface area contributed by atoms with E-state index in [0.717, 1.165) is 51.6 Å². The van der Waals surface area contributed by atoms with Gasteiger partial charge in [-0.25, -0.2) is 4.79 Å². The summed E-state index contributed by atoms with van der Waals surface area (Å²) in [5.74, 6) is 1.28. The molecule has 2 rings (SSSR count). The van der Waals surface area contributed by atoms with Gasteiger partial charge < -0.3 is 14.7 Å². The minimum atomic E-state index is -0.0711. The SMILES string of the molecule is CCCCNC(=O)N1CCCC[C@H]1c1nc(CC)no1. The van der Waals surface area contributed by atoms with E-state index in [2.05, 4.69) is 22.4 Å². The molecule has 0 aliphatic carbocycles. The molecule has 1 aromatic heterocycles. The van der Waals surface area contributed by atoms with Crippen LogP contribution in [-0.4, -0.2) is 34.2 Å². The summed E-state index contributed by atoms with van der Waals surface area (Å²) < 4.78 is 5.32. The van der Waals surface area contributed by atoms with Crippen molar-refractivity contribution in [2.75, 3.05) is 13.1 Å². The lowest BCUT2D eigenvalue weighted by atomic mass is 10.0. The largest absolute Gasteiger partial charge is 0.338 e. The van der Waals surface area contributed by atoms with Crippen molar-refractivity contribution >= 4 is 6.03 Å². The number of amides is 2. The maximum Gasteiger partial charge on any atom is 0.318 e. The third-order valence-corrected chi connectivity index (χ3v) is 3.66. The number of aryl methyl sites for hydroxylation is 1. The lowest BCUT2D eigenvalue weighted by molar-refractivity contribution is 0.132. The van der Waals surface area contributed by atoms with Crippen molar-refractivity contribution < 1.29 is 9.32 Å². The van der Waals surface area contributed by atoms with Crippen molar-refractivity contribution in [3.05, 3.63) is 11.7 Å². The van der Waals surface area contributed by atoms with Gasteiger partial charge in [-0.2, -0.15) is 4.98 Å². The molecular formula is C14H24N4O2. The van der Waals surface area contributed by atoms with Crippen molar-refractivity contribution in [1.82, 2.24) is 20.4 Å². The fourth-order valence-electron chi connectivity index (χ4n) is 2.45. The van der Waals surface area contributed by atoms with Gasteiger partial charge in [-0.1, -0.05) is 25.4 Å². The minimum absolute atomic E-state index is 0.0144. The number of rotatable bonds is 5. The molecule has 1 aliphatic heterocycles. The highest BCUT2D eigenvalue weighted by Gasteiger charge is 2.31. The van der Waals surface area contributed by atoms with E-state index in [1.165, 1.54) is 0 Å². The van der Waals surface area contributed by atoms with E-state index >= 15 is 0 Å². The molecule has 1 N–H and O–H groups in total. The van der Waals surface area contributed by atoms with Crippen LogP contribution in [0.5, 0.6) is 0 Å². The molecule has 0 spiro atoms. The number of aromatic nitrogens is 2. The van der Waals surface area contributed by atoms with Gasteiger partial charge in [0.2, 0.25) is 5.89 Å². The summed E-state index contributed by atoms with van der Waals surface area (Å²) in [6, 6.07) is -0.0856. The Labute approximate surface area is 119 Å². The summed E-state index contributed by atoms with van der Waals surface area (Å²) in [7, 11) is 0. The Bertz CT molecular complexity index is 433. The second-order valence-electron chi connectivity index (χ2n) is 5.19. The Hall–Kier alpha value is -1.59. The van der Waals surface area contributed by atoms with Gasteiger partial charge >= 0.3 is 6.03 Å². The predicted molar refractivity (Wildman–Crippen MR) is 75.3 cm³/mol. The number of piperidine rings is 1. The van der Waals surface area contributed by atoms with Crippen molar-refractivity contribution in [2.45, 2.75) is 58.4 Å². The number of likely N-dealkylation sites (tertiary alicyclic amines) is 1. The number of carbonyl (C=O) groups is 1. The molecule has 20 heavy (non-hydrogen) atoms. The lowest BCUT2D eigenvalue weighted by Crippen LogP contribution is -2.45. The average Bonchev–Trinajstić information content (AvgIpc) is 2.96. The summed E-state index contributed by atoms with van der Waals surface area (Å²) in [6.45, 7) is 5.58. The Morgan fingerprint density at radius 1 is 1.45 bits per heavy atom. The highest BCUT2D eigenvalue weighted by Crippen LogP contribution is 2.29. The van der Waals surface area contributed by atoms with Crippen molar-refractivity contribution in [2.24, 2.45) is 0 Å². The van der Waals surface area contributed by atoms with E-state index in [1.54, 1.807) is 0 Å². The first-order chi connectivity index (χ1) is 9.76. The molecule has 0 aromatic carbocycles. The van der Waals surface area contributed by atoms with Gasteiger partial charge in [0.15, 0.2) is 5.82 Å². The third-order valence-electron chi connectivity index (χ3n) is 3.66. The molecule has 2 heterocycles. The number of hydrogen-bond acceptors (Lipinski definition) is 4. The van der Waals surface area contributed by atoms with Crippen LogP contribution in [0.25, 0.3) is 0 Å². The molecule has 6 nitrogen and oxygen atoms in total. The summed E-state index contributed by atoms with van der Waals surface area (Å²) in [5, 5.41) is 6.91. The van der Waals surface area contributed by atoms with Crippen molar-refractivity contribution in [1.29, 1.82) is 0 Å². The Morgan fingerprint density at radius 2 is 2.30 bits per heavy atom.